The largest absolute Gasteiger partial charge is 0.322 e. The first-order chi connectivity index (χ1) is 14.9. The Kier molecular flexibility index (Phi) is 5.85. The lowest BCUT2D eigenvalue weighted by Crippen LogP contribution is -2.45. The van der Waals surface area contributed by atoms with Crippen LogP contribution in [0.1, 0.15) is 12.8 Å². The summed E-state index contributed by atoms with van der Waals surface area (Å²) in [5.41, 5.74) is 0.746. The van der Waals surface area contributed by atoms with Crippen LogP contribution >= 0.6 is 11.3 Å². The van der Waals surface area contributed by atoms with E-state index in [1.165, 1.54) is 23.1 Å². The Morgan fingerprint density at radius 3 is 2.52 bits per heavy atom. The van der Waals surface area contributed by atoms with Crippen molar-refractivity contribution in [3.8, 4) is 10.6 Å². The van der Waals surface area contributed by atoms with Gasteiger partial charge in [-0.3, -0.25) is 10.1 Å². The fourth-order valence-electron chi connectivity index (χ4n) is 3.22. The average molecular weight is 447 g/mol. The molecule has 160 valence electrons. The Labute approximate surface area is 178 Å². The molecule has 1 atom stereocenters. The molecule has 1 saturated heterocycles. The second kappa shape index (κ2) is 8.72. The zero-order valence-electron chi connectivity index (χ0n) is 15.9. The third kappa shape index (κ3) is 4.66. The molecule has 0 radical (unpaired) electrons. The zero-order valence-corrected chi connectivity index (χ0v) is 16.8. The van der Waals surface area contributed by atoms with Crippen molar-refractivity contribution in [3.63, 3.8) is 0 Å². The highest BCUT2D eigenvalue weighted by Gasteiger charge is 2.34. The van der Waals surface area contributed by atoms with Gasteiger partial charge in [-0.05, 0) is 49.2 Å². The first kappa shape index (κ1) is 20.8. The molecule has 1 aliphatic heterocycles. The molecule has 0 saturated carbocycles. The molecule has 4 rings (SSSR count). The van der Waals surface area contributed by atoms with Gasteiger partial charge < -0.3 is 10.2 Å². The van der Waals surface area contributed by atoms with Crippen LogP contribution in [-0.4, -0.2) is 39.6 Å². The van der Waals surface area contributed by atoms with Crippen LogP contribution in [0, 0.1) is 17.5 Å². The molecule has 2 N–H and O–H groups in total. The number of nitrogens with zero attached hydrogens (tertiary/aromatic N) is 3. The summed E-state index contributed by atoms with van der Waals surface area (Å²) < 4.78 is 39.5. The fourth-order valence-corrected chi connectivity index (χ4v) is 3.98. The van der Waals surface area contributed by atoms with Gasteiger partial charge in [-0.25, -0.2) is 18.0 Å². The monoisotopic (exact) mass is 447 g/mol. The van der Waals surface area contributed by atoms with E-state index in [-0.39, 0.29) is 16.6 Å². The normalized spacial score (nSPS) is 15.7. The molecule has 0 spiro atoms. The molecule has 3 amide bonds. The Hall–Kier alpha value is -3.47. The number of amides is 3. The van der Waals surface area contributed by atoms with Crippen LogP contribution < -0.4 is 10.6 Å². The zero-order chi connectivity index (χ0) is 22.0. The standard InChI is InChI=1S/C20H16F3N5O2S/c21-12-5-3-11(4-6-12)18-26-27-19(31-18)25-17(29)16-2-1-9-28(16)20(30)24-13-7-8-14(22)15(23)10-13/h3-8,10,16H,1-2,9H2,(H,24,30)(H,25,27,29). The van der Waals surface area contributed by atoms with Crippen molar-refractivity contribution in [2.24, 2.45) is 0 Å². The number of hydrogen-bond donors (Lipinski definition) is 2. The van der Waals surface area contributed by atoms with E-state index in [1.807, 2.05) is 0 Å². The van der Waals surface area contributed by atoms with Gasteiger partial charge in [0, 0.05) is 23.9 Å². The fraction of sp³-hybridized carbons (Fsp3) is 0.200. The summed E-state index contributed by atoms with van der Waals surface area (Å²) in [6.45, 7) is 0.338. The van der Waals surface area contributed by atoms with Gasteiger partial charge in [0.2, 0.25) is 11.0 Å². The number of likely N-dealkylation sites (tertiary alicyclic amines) is 1. The van der Waals surface area contributed by atoms with Crippen LogP contribution in [0.25, 0.3) is 10.6 Å². The second-order valence-corrected chi connectivity index (χ2v) is 7.80. The van der Waals surface area contributed by atoms with Crippen molar-refractivity contribution in [2.75, 3.05) is 17.2 Å². The number of halogens is 3. The highest BCUT2D eigenvalue weighted by atomic mass is 32.1. The molecule has 1 aromatic heterocycles. The lowest BCUT2D eigenvalue weighted by Gasteiger charge is -2.23. The third-order valence-electron chi connectivity index (χ3n) is 4.73. The minimum absolute atomic E-state index is 0.0861. The summed E-state index contributed by atoms with van der Waals surface area (Å²) in [6.07, 6.45) is 1.06. The van der Waals surface area contributed by atoms with E-state index < -0.39 is 29.6 Å². The molecule has 2 heterocycles. The molecule has 31 heavy (non-hydrogen) atoms. The molecule has 11 heteroatoms. The molecule has 7 nitrogen and oxygen atoms in total. The van der Waals surface area contributed by atoms with Crippen molar-refractivity contribution >= 4 is 34.1 Å². The van der Waals surface area contributed by atoms with Crippen LogP contribution in [0.2, 0.25) is 0 Å². The number of urea groups is 1. The van der Waals surface area contributed by atoms with Crippen LogP contribution in [0.15, 0.2) is 42.5 Å². The van der Waals surface area contributed by atoms with E-state index in [0.717, 1.165) is 23.5 Å². The number of nitrogens with one attached hydrogen (secondary N) is 2. The lowest BCUT2D eigenvalue weighted by atomic mass is 10.2. The van der Waals surface area contributed by atoms with E-state index in [0.29, 0.717) is 30.0 Å². The van der Waals surface area contributed by atoms with Gasteiger partial charge >= 0.3 is 6.03 Å². The smallest absolute Gasteiger partial charge is 0.312 e. The van der Waals surface area contributed by atoms with Crippen LogP contribution in [0.4, 0.5) is 28.8 Å². The molecule has 1 fully saturated rings. The molecule has 1 aliphatic rings. The Balaban J connectivity index is 1.41. The van der Waals surface area contributed by atoms with Gasteiger partial charge in [0.25, 0.3) is 0 Å². The maximum Gasteiger partial charge on any atom is 0.322 e. The highest BCUT2D eigenvalue weighted by molar-refractivity contribution is 7.18. The van der Waals surface area contributed by atoms with Crippen molar-refractivity contribution in [2.45, 2.75) is 18.9 Å². The molecule has 1 unspecified atom stereocenters. The number of anilines is 2. The number of hydrogen-bond acceptors (Lipinski definition) is 5. The highest BCUT2D eigenvalue weighted by Crippen LogP contribution is 2.27. The van der Waals surface area contributed by atoms with Crippen LogP contribution in [0.3, 0.4) is 0 Å². The first-order valence-corrected chi connectivity index (χ1v) is 10.2. The van der Waals surface area contributed by atoms with Crippen molar-refractivity contribution in [1.29, 1.82) is 0 Å². The Bertz CT molecular complexity index is 1120. The SMILES string of the molecule is O=C(Nc1nnc(-c2ccc(F)cc2)s1)C1CCCN1C(=O)Nc1ccc(F)c(F)c1. The molecule has 2 aromatic carbocycles. The van der Waals surface area contributed by atoms with E-state index in [9.17, 15) is 22.8 Å². The van der Waals surface area contributed by atoms with E-state index in [1.54, 1.807) is 12.1 Å². The number of benzene rings is 2. The van der Waals surface area contributed by atoms with E-state index >= 15 is 0 Å². The molecule has 0 aliphatic carbocycles. The summed E-state index contributed by atoms with van der Waals surface area (Å²) in [4.78, 5) is 26.6. The lowest BCUT2D eigenvalue weighted by molar-refractivity contribution is -0.119. The number of aromatic nitrogens is 2. The first-order valence-electron chi connectivity index (χ1n) is 9.34. The topological polar surface area (TPSA) is 87.2 Å². The van der Waals surface area contributed by atoms with Gasteiger partial charge in [-0.15, -0.1) is 10.2 Å². The summed E-state index contributed by atoms with van der Waals surface area (Å²) in [7, 11) is 0. The summed E-state index contributed by atoms with van der Waals surface area (Å²) in [5.74, 6) is -2.90. The predicted octanol–water partition coefficient (Wildman–Crippen LogP) is 4.26. The minimum Gasteiger partial charge on any atom is -0.312 e. The minimum atomic E-state index is -1.08. The third-order valence-corrected chi connectivity index (χ3v) is 5.62. The predicted molar refractivity (Wildman–Crippen MR) is 109 cm³/mol. The van der Waals surface area contributed by atoms with E-state index in [4.69, 9.17) is 0 Å². The maximum atomic E-state index is 13.4. The second-order valence-electron chi connectivity index (χ2n) is 6.82. The van der Waals surface area contributed by atoms with Crippen molar-refractivity contribution < 1.29 is 22.8 Å². The van der Waals surface area contributed by atoms with E-state index in [2.05, 4.69) is 20.8 Å². The number of rotatable bonds is 4. The van der Waals surface area contributed by atoms with Gasteiger partial charge in [0.15, 0.2) is 11.6 Å². The van der Waals surface area contributed by atoms with Gasteiger partial charge in [0.1, 0.15) is 16.9 Å². The van der Waals surface area contributed by atoms with Crippen molar-refractivity contribution in [3.05, 3.63) is 59.9 Å². The van der Waals surface area contributed by atoms with Gasteiger partial charge in [-0.2, -0.15) is 0 Å². The van der Waals surface area contributed by atoms with Crippen LogP contribution in [-0.2, 0) is 4.79 Å². The Morgan fingerprint density at radius 2 is 1.77 bits per heavy atom. The quantitative estimate of drug-likeness (QED) is 0.626. The van der Waals surface area contributed by atoms with Crippen molar-refractivity contribution in [1.82, 2.24) is 15.1 Å². The number of carbonyl (C=O) groups excluding carboxylic acids is 2. The molecular weight excluding hydrogens is 431 g/mol. The van der Waals surface area contributed by atoms with Gasteiger partial charge in [0.05, 0.1) is 0 Å². The Morgan fingerprint density at radius 1 is 1.00 bits per heavy atom. The summed E-state index contributed by atoms with van der Waals surface area (Å²) >= 11 is 1.12. The van der Waals surface area contributed by atoms with Gasteiger partial charge in [-0.1, -0.05) is 11.3 Å². The number of carbonyl (C=O) groups is 2. The molecular formula is C20H16F3N5O2S. The van der Waals surface area contributed by atoms with Crippen LogP contribution in [0.5, 0.6) is 0 Å². The average Bonchev–Trinajstić information content (AvgIpc) is 3.41. The maximum absolute atomic E-state index is 13.4. The summed E-state index contributed by atoms with van der Waals surface area (Å²) in [6, 6.07) is 7.40. The molecule has 0 bridgehead atoms. The summed E-state index contributed by atoms with van der Waals surface area (Å²) in [5, 5.41) is 13.8. The molecule has 3 aromatic rings.